The van der Waals surface area contributed by atoms with E-state index >= 15 is 0 Å². The lowest BCUT2D eigenvalue weighted by Crippen LogP contribution is -2.14. The van der Waals surface area contributed by atoms with E-state index in [1.165, 1.54) is 12.1 Å². The largest absolute Gasteiger partial charge is 0.491 e. The summed E-state index contributed by atoms with van der Waals surface area (Å²) in [5.41, 5.74) is 1.20. The first-order valence-electron chi connectivity index (χ1n) is 8.75. The maximum atomic E-state index is 12.4. The molecule has 3 aromatic rings. The van der Waals surface area contributed by atoms with Crippen molar-refractivity contribution in [2.75, 3.05) is 11.3 Å². The Morgan fingerprint density at radius 3 is 2.32 bits per heavy atom. The number of benzene rings is 3. The molecule has 0 saturated heterocycles. The van der Waals surface area contributed by atoms with Crippen LogP contribution in [-0.4, -0.2) is 26.2 Å². The first-order valence-corrected chi connectivity index (χ1v) is 10.2. The SMILES string of the molecule is O=S(=O)(Nc1cccc(/C=C/C(O)COc2ccccc2)c1)c1ccccc1. The Kier molecular flexibility index (Phi) is 6.47. The lowest BCUT2D eigenvalue weighted by atomic mass is 10.1. The van der Waals surface area contributed by atoms with Crippen LogP contribution in [0.5, 0.6) is 5.75 Å². The van der Waals surface area contributed by atoms with Crippen molar-refractivity contribution in [1.29, 1.82) is 0 Å². The lowest BCUT2D eigenvalue weighted by molar-refractivity contribution is 0.145. The molecule has 0 aromatic heterocycles. The van der Waals surface area contributed by atoms with Crippen LogP contribution in [0.2, 0.25) is 0 Å². The topological polar surface area (TPSA) is 75.6 Å². The monoisotopic (exact) mass is 395 g/mol. The van der Waals surface area contributed by atoms with Gasteiger partial charge in [0, 0.05) is 5.69 Å². The second-order valence-electron chi connectivity index (χ2n) is 6.09. The molecule has 2 N–H and O–H groups in total. The fourth-order valence-electron chi connectivity index (χ4n) is 2.50. The van der Waals surface area contributed by atoms with Gasteiger partial charge >= 0.3 is 0 Å². The number of para-hydroxylation sites is 1. The molecule has 0 radical (unpaired) electrons. The summed E-state index contributed by atoms with van der Waals surface area (Å²) >= 11 is 0. The van der Waals surface area contributed by atoms with Gasteiger partial charge in [0.15, 0.2) is 0 Å². The molecule has 3 rings (SSSR count). The van der Waals surface area contributed by atoms with Crippen LogP contribution < -0.4 is 9.46 Å². The van der Waals surface area contributed by atoms with Gasteiger partial charge in [-0.05, 0) is 42.0 Å². The molecule has 0 spiro atoms. The first kappa shape index (κ1) is 19.7. The van der Waals surface area contributed by atoms with E-state index in [1.807, 2.05) is 36.4 Å². The molecule has 0 aliphatic carbocycles. The highest BCUT2D eigenvalue weighted by Crippen LogP contribution is 2.18. The molecule has 1 atom stereocenters. The third-order valence-electron chi connectivity index (χ3n) is 3.87. The number of aliphatic hydroxyl groups is 1. The molecular formula is C22H21NO4S. The smallest absolute Gasteiger partial charge is 0.261 e. The van der Waals surface area contributed by atoms with Crippen LogP contribution >= 0.6 is 0 Å². The minimum atomic E-state index is -3.64. The van der Waals surface area contributed by atoms with E-state index in [2.05, 4.69) is 4.72 Å². The Bertz CT molecular complexity index is 1020. The number of anilines is 1. The molecule has 0 aliphatic rings. The van der Waals surface area contributed by atoms with Crippen molar-refractivity contribution in [3.05, 3.63) is 96.6 Å². The van der Waals surface area contributed by atoms with Crippen molar-refractivity contribution in [2.45, 2.75) is 11.0 Å². The fourth-order valence-corrected chi connectivity index (χ4v) is 3.57. The maximum Gasteiger partial charge on any atom is 0.261 e. The molecule has 0 heterocycles. The molecule has 6 heteroatoms. The lowest BCUT2D eigenvalue weighted by Gasteiger charge is -2.10. The van der Waals surface area contributed by atoms with Crippen molar-refractivity contribution in [3.63, 3.8) is 0 Å². The molecule has 3 aromatic carbocycles. The summed E-state index contributed by atoms with van der Waals surface area (Å²) in [5, 5.41) is 10.1. The van der Waals surface area contributed by atoms with Crippen molar-refractivity contribution >= 4 is 21.8 Å². The standard InChI is InChI=1S/C22H21NO4S/c24-20(17-27-21-10-3-1-4-11-21)15-14-18-8-7-9-19(16-18)23-28(25,26)22-12-5-2-6-13-22/h1-16,20,23-24H,17H2/b15-14+. The van der Waals surface area contributed by atoms with Gasteiger partial charge in [-0.2, -0.15) is 0 Å². The zero-order valence-corrected chi connectivity index (χ0v) is 15.9. The van der Waals surface area contributed by atoms with Gasteiger partial charge in [-0.3, -0.25) is 4.72 Å². The van der Waals surface area contributed by atoms with Gasteiger partial charge in [-0.25, -0.2) is 8.42 Å². The summed E-state index contributed by atoms with van der Waals surface area (Å²) in [7, 11) is -3.64. The highest BCUT2D eigenvalue weighted by atomic mass is 32.2. The predicted octanol–water partition coefficient (Wildman–Crippen LogP) is 3.94. The zero-order valence-electron chi connectivity index (χ0n) is 15.1. The normalized spacial score (nSPS) is 12.6. The summed E-state index contributed by atoms with van der Waals surface area (Å²) in [6, 6.07) is 24.4. The molecule has 28 heavy (non-hydrogen) atoms. The van der Waals surface area contributed by atoms with Gasteiger partial charge in [0.25, 0.3) is 10.0 Å². The van der Waals surface area contributed by atoms with Gasteiger partial charge in [-0.15, -0.1) is 0 Å². The Balaban J connectivity index is 1.62. The minimum Gasteiger partial charge on any atom is -0.491 e. The van der Waals surface area contributed by atoms with E-state index in [-0.39, 0.29) is 11.5 Å². The van der Waals surface area contributed by atoms with Crippen molar-refractivity contribution in [1.82, 2.24) is 0 Å². The molecule has 0 amide bonds. The van der Waals surface area contributed by atoms with Crippen LogP contribution in [-0.2, 0) is 10.0 Å². The van der Waals surface area contributed by atoms with Crippen LogP contribution in [0.1, 0.15) is 5.56 Å². The highest BCUT2D eigenvalue weighted by molar-refractivity contribution is 7.92. The van der Waals surface area contributed by atoms with E-state index in [4.69, 9.17) is 4.74 Å². The van der Waals surface area contributed by atoms with Crippen LogP contribution in [0.4, 0.5) is 5.69 Å². The summed E-state index contributed by atoms with van der Waals surface area (Å²) in [5.74, 6) is 0.687. The van der Waals surface area contributed by atoms with Crippen molar-refractivity contribution in [3.8, 4) is 5.75 Å². The summed E-state index contributed by atoms with van der Waals surface area (Å²) < 4.78 is 32.9. The molecule has 0 saturated carbocycles. The third kappa shape index (κ3) is 5.70. The Labute approximate surface area is 165 Å². The van der Waals surface area contributed by atoms with Gasteiger partial charge in [-0.1, -0.05) is 60.7 Å². The highest BCUT2D eigenvalue weighted by Gasteiger charge is 2.13. The molecule has 0 bridgehead atoms. The number of hydrogen-bond donors (Lipinski definition) is 2. The molecule has 0 fully saturated rings. The number of hydrogen-bond acceptors (Lipinski definition) is 4. The number of nitrogens with one attached hydrogen (secondary N) is 1. The zero-order chi connectivity index (χ0) is 19.8. The van der Waals surface area contributed by atoms with Crippen molar-refractivity contribution < 1.29 is 18.3 Å². The average Bonchev–Trinajstić information content (AvgIpc) is 2.72. The molecule has 144 valence electrons. The van der Waals surface area contributed by atoms with E-state index in [9.17, 15) is 13.5 Å². The van der Waals surface area contributed by atoms with Crippen LogP contribution in [0.15, 0.2) is 95.9 Å². The van der Waals surface area contributed by atoms with Gasteiger partial charge in [0.1, 0.15) is 18.5 Å². The number of aliphatic hydroxyl groups excluding tert-OH is 1. The van der Waals surface area contributed by atoms with E-state index in [0.29, 0.717) is 11.4 Å². The third-order valence-corrected chi connectivity index (χ3v) is 5.26. The first-order chi connectivity index (χ1) is 13.5. The number of ether oxygens (including phenoxy) is 1. The van der Waals surface area contributed by atoms with E-state index < -0.39 is 16.1 Å². The minimum absolute atomic E-state index is 0.126. The summed E-state index contributed by atoms with van der Waals surface area (Å²) in [4.78, 5) is 0.199. The number of rotatable bonds is 8. The molecule has 5 nitrogen and oxygen atoms in total. The molecular weight excluding hydrogens is 374 g/mol. The Morgan fingerprint density at radius 2 is 1.61 bits per heavy atom. The average molecular weight is 395 g/mol. The maximum absolute atomic E-state index is 12.4. The Morgan fingerprint density at radius 1 is 0.929 bits per heavy atom. The van der Waals surface area contributed by atoms with Crippen LogP contribution in [0.25, 0.3) is 6.08 Å². The van der Waals surface area contributed by atoms with Crippen LogP contribution in [0, 0.1) is 0 Å². The van der Waals surface area contributed by atoms with Gasteiger partial charge in [0.05, 0.1) is 4.90 Å². The fraction of sp³-hybridized carbons (Fsp3) is 0.0909. The van der Waals surface area contributed by atoms with Crippen LogP contribution in [0.3, 0.4) is 0 Å². The predicted molar refractivity (Wildman–Crippen MR) is 111 cm³/mol. The summed E-state index contributed by atoms with van der Waals surface area (Å²) in [6.45, 7) is 0.126. The van der Waals surface area contributed by atoms with Gasteiger partial charge in [0.2, 0.25) is 0 Å². The molecule has 0 aliphatic heterocycles. The number of sulfonamides is 1. The second kappa shape index (κ2) is 9.21. The molecule has 1 unspecified atom stereocenters. The van der Waals surface area contributed by atoms with Gasteiger partial charge < -0.3 is 9.84 Å². The summed E-state index contributed by atoms with van der Waals surface area (Å²) in [6.07, 6.45) is 2.54. The van der Waals surface area contributed by atoms with Crippen molar-refractivity contribution in [2.24, 2.45) is 0 Å². The van der Waals surface area contributed by atoms with E-state index in [0.717, 1.165) is 5.56 Å². The quantitative estimate of drug-likeness (QED) is 0.606. The Hall–Kier alpha value is -3.09. The second-order valence-corrected chi connectivity index (χ2v) is 7.78. The van der Waals surface area contributed by atoms with E-state index in [1.54, 1.807) is 48.6 Å².